The molecular weight excluding hydrogens is 384 g/mol. The van der Waals surface area contributed by atoms with Gasteiger partial charge in [0.2, 0.25) is 5.91 Å². The van der Waals surface area contributed by atoms with E-state index in [4.69, 9.17) is 4.74 Å². The third kappa shape index (κ3) is 6.01. The van der Waals surface area contributed by atoms with Crippen LogP contribution in [0, 0.1) is 0 Å². The van der Waals surface area contributed by atoms with Gasteiger partial charge in [0.1, 0.15) is 0 Å². The van der Waals surface area contributed by atoms with Crippen LogP contribution in [0.25, 0.3) is 0 Å². The lowest BCUT2D eigenvalue weighted by atomic mass is 10.0. The van der Waals surface area contributed by atoms with Crippen molar-refractivity contribution < 1.29 is 23.9 Å². The standard InChI is InChI=1S/C23H26N2O5/c1-4-25(5-2)20(26)15-24(3)21(27)16-30-23(29)19-13-11-18(12-14-19)22(28)17-9-7-6-8-10-17/h6-14H,4-5,15-16H2,1-3H3. The normalized spacial score (nSPS) is 10.2. The van der Waals surface area contributed by atoms with Crippen molar-refractivity contribution >= 4 is 23.6 Å². The second-order valence-corrected chi connectivity index (χ2v) is 6.66. The van der Waals surface area contributed by atoms with Gasteiger partial charge in [0.05, 0.1) is 12.1 Å². The molecule has 0 aromatic heterocycles. The molecule has 2 aromatic rings. The molecule has 0 radical (unpaired) electrons. The van der Waals surface area contributed by atoms with E-state index >= 15 is 0 Å². The summed E-state index contributed by atoms with van der Waals surface area (Å²) in [7, 11) is 1.49. The van der Waals surface area contributed by atoms with Crippen LogP contribution in [-0.4, -0.2) is 66.7 Å². The van der Waals surface area contributed by atoms with Crippen LogP contribution in [0.5, 0.6) is 0 Å². The van der Waals surface area contributed by atoms with Crippen LogP contribution in [0.2, 0.25) is 0 Å². The molecule has 0 aliphatic heterocycles. The van der Waals surface area contributed by atoms with E-state index in [1.807, 2.05) is 19.9 Å². The Labute approximate surface area is 176 Å². The lowest BCUT2D eigenvalue weighted by Crippen LogP contribution is -2.42. The van der Waals surface area contributed by atoms with E-state index < -0.39 is 18.5 Å². The summed E-state index contributed by atoms with van der Waals surface area (Å²) in [6, 6.07) is 14.9. The molecule has 0 heterocycles. The van der Waals surface area contributed by atoms with Crippen LogP contribution in [0.15, 0.2) is 54.6 Å². The van der Waals surface area contributed by atoms with E-state index in [9.17, 15) is 19.2 Å². The zero-order chi connectivity index (χ0) is 22.1. The summed E-state index contributed by atoms with van der Waals surface area (Å²) in [6.45, 7) is 4.32. The number of nitrogens with zero attached hydrogens (tertiary/aromatic N) is 2. The summed E-state index contributed by atoms with van der Waals surface area (Å²) in [5, 5.41) is 0. The summed E-state index contributed by atoms with van der Waals surface area (Å²) >= 11 is 0. The van der Waals surface area contributed by atoms with Crippen molar-refractivity contribution in [3.63, 3.8) is 0 Å². The molecule has 158 valence electrons. The molecule has 0 saturated carbocycles. The van der Waals surface area contributed by atoms with Crippen molar-refractivity contribution in [2.24, 2.45) is 0 Å². The molecule has 2 rings (SSSR count). The van der Waals surface area contributed by atoms with Crippen LogP contribution in [-0.2, 0) is 14.3 Å². The van der Waals surface area contributed by atoms with Crippen LogP contribution in [0.3, 0.4) is 0 Å². The van der Waals surface area contributed by atoms with E-state index in [-0.39, 0.29) is 23.8 Å². The van der Waals surface area contributed by atoms with Gasteiger partial charge < -0.3 is 14.5 Å². The van der Waals surface area contributed by atoms with Crippen LogP contribution < -0.4 is 0 Å². The first-order chi connectivity index (χ1) is 14.4. The average Bonchev–Trinajstić information content (AvgIpc) is 2.78. The van der Waals surface area contributed by atoms with Gasteiger partial charge in [0.15, 0.2) is 12.4 Å². The molecule has 0 fully saturated rings. The van der Waals surface area contributed by atoms with Crippen LogP contribution in [0.4, 0.5) is 0 Å². The minimum absolute atomic E-state index is 0.0750. The zero-order valence-corrected chi connectivity index (χ0v) is 17.5. The lowest BCUT2D eigenvalue weighted by molar-refractivity contribution is -0.140. The lowest BCUT2D eigenvalue weighted by Gasteiger charge is -2.23. The minimum Gasteiger partial charge on any atom is -0.452 e. The van der Waals surface area contributed by atoms with Crippen LogP contribution >= 0.6 is 0 Å². The first-order valence-corrected chi connectivity index (χ1v) is 9.76. The largest absolute Gasteiger partial charge is 0.452 e. The van der Waals surface area contributed by atoms with Crippen LogP contribution in [0.1, 0.15) is 40.1 Å². The van der Waals surface area contributed by atoms with E-state index in [2.05, 4.69) is 0 Å². The van der Waals surface area contributed by atoms with Crippen molar-refractivity contribution in [3.05, 3.63) is 71.3 Å². The molecule has 0 unspecified atom stereocenters. The predicted molar refractivity (Wildman–Crippen MR) is 112 cm³/mol. The number of benzene rings is 2. The van der Waals surface area contributed by atoms with E-state index in [1.54, 1.807) is 41.3 Å². The summed E-state index contributed by atoms with van der Waals surface area (Å²) in [5.74, 6) is -1.46. The molecule has 0 aliphatic rings. The Morgan fingerprint density at radius 2 is 1.30 bits per heavy atom. The zero-order valence-electron chi connectivity index (χ0n) is 17.5. The van der Waals surface area contributed by atoms with Gasteiger partial charge in [-0.2, -0.15) is 0 Å². The second-order valence-electron chi connectivity index (χ2n) is 6.66. The molecule has 0 aliphatic carbocycles. The molecule has 0 spiro atoms. The number of carbonyl (C=O) groups excluding carboxylic acids is 4. The maximum Gasteiger partial charge on any atom is 0.338 e. The van der Waals surface area contributed by atoms with Gasteiger partial charge in [-0.05, 0) is 26.0 Å². The van der Waals surface area contributed by atoms with Crippen molar-refractivity contribution in [1.29, 1.82) is 0 Å². The summed E-state index contributed by atoms with van der Waals surface area (Å²) in [5.41, 5.74) is 1.23. The van der Waals surface area contributed by atoms with E-state index in [1.165, 1.54) is 24.1 Å². The highest BCUT2D eigenvalue weighted by atomic mass is 16.5. The van der Waals surface area contributed by atoms with Gasteiger partial charge in [0, 0.05) is 31.3 Å². The monoisotopic (exact) mass is 410 g/mol. The molecule has 0 N–H and O–H groups in total. The fourth-order valence-electron chi connectivity index (χ4n) is 2.80. The van der Waals surface area contributed by atoms with Crippen molar-refractivity contribution in [1.82, 2.24) is 9.80 Å². The second kappa shape index (κ2) is 10.9. The molecule has 30 heavy (non-hydrogen) atoms. The maximum absolute atomic E-state index is 12.4. The van der Waals surface area contributed by atoms with Gasteiger partial charge in [-0.3, -0.25) is 14.4 Å². The van der Waals surface area contributed by atoms with Crippen molar-refractivity contribution in [3.8, 4) is 0 Å². The number of hydrogen-bond donors (Lipinski definition) is 0. The summed E-state index contributed by atoms with van der Waals surface area (Å²) < 4.78 is 5.05. The van der Waals surface area contributed by atoms with E-state index in [0.29, 0.717) is 24.2 Å². The summed E-state index contributed by atoms with van der Waals surface area (Å²) in [4.78, 5) is 51.7. The quantitative estimate of drug-likeness (QED) is 0.468. The molecule has 0 bridgehead atoms. The molecule has 0 saturated heterocycles. The highest BCUT2D eigenvalue weighted by molar-refractivity contribution is 6.09. The Hall–Kier alpha value is -3.48. The molecule has 7 nitrogen and oxygen atoms in total. The Balaban J connectivity index is 1.89. The Morgan fingerprint density at radius 1 is 0.767 bits per heavy atom. The predicted octanol–water partition coefficient (Wildman–Crippen LogP) is 2.40. The van der Waals surface area contributed by atoms with E-state index in [0.717, 1.165) is 0 Å². The first-order valence-electron chi connectivity index (χ1n) is 9.76. The number of likely N-dealkylation sites (N-methyl/N-ethyl adjacent to an activating group) is 2. The van der Waals surface area contributed by atoms with Gasteiger partial charge >= 0.3 is 5.97 Å². The Bertz CT molecular complexity index is 890. The number of carbonyl (C=O) groups is 4. The number of esters is 1. The highest BCUT2D eigenvalue weighted by Crippen LogP contribution is 2.12. The number of amides is 2. The molecular formula is C23H26N2O5. The fraction of sp³-hybridized carbons (Fsp3) is 0.304. The topological polar surface area (TPSA) is 84.0 Å². The van der Waals surface area contributed by atoms with Crippen molar-refractivity contribution in [2.75, 3.05) is 33.3 Å². The average molecular weight is 410 g/mol. The molecule has 2 amide bonds. The molecule has 0 atom stereocenters. The highest BCUT2D eigenvalue weighted by Gasteiger charge is 2.18. The number of ketones is 1. The number of ether oxygens (including phenoxy) is 1. The molecule has 7 heteroatoms. The fourth-order valence-corrected chi connectivity index (χ4v) is 2.80. The third-order valence-electron chi connectivity index (χ3n) is 4.66. The van der Waals surface area contributed by atoms with Gasteiger partial charge in [0.25, 0.3) is 5.91 Å². The number of rotatable bonds is 9. The van der Waals surface area contributed by atoms with Crippen molar-refractivity contribution in [2.45, 2.75) is 13.8 Å². The maximum atomic E-state index is 12.4. The van der Waals surface area contributed by atoms with Gasteiger partial charge in [-0.15, -0.1) is 0 Å². The minimum atomic E-state index is -0.675. The molecule has 2 aromatic carbocycles. The first kappa shape index (κ1) is 22.8. The summed E-state index contributed by atoms with van der Waals surface area (Å²) in [6.07, 6.45) is 0. The van der Waals surface area contributed by atoms with Gasteiger partial charge in [-0.1, -0.05) is 42.5 Å². The smallest absolute Gasteiger partial charge is 0.338 e. The Morgan fingerprint density at radius 3 is 1.87 bits per heavy atom. The Kier molecular flexibility index (Phi) is 8.29. The number of hydrogen-bond acceptors (Lipinski definition) is 5. The third-order valence-corrected chi connectivity index (χ3v) is 4.66. The SMILES string of the molecule is CCN(CC)C(=O)CN(C)C(=O)COC(=O)c1ccc(C(=O)c2ccccc2)cc1. The van der Waals surface area contributed by atoms with Gasteiger partial charge in [-0.25, -0.2) is 4.79 Å².